The number of aromatic amines is 1. The van der Waals surface area contributed by atoms with Crippen LogP contribution >= 0.6 is 0 Å². The first-order valence-corrected chi connectivity index (χ1v) is 23.5. The van der Waals surface area contributed by atoms with E-state index in [4.69, 9.17) is 9.97 Å². The molecule has 2 aromatic carbocycles. The van der Waals surface area contributed by atoms with Gasteiger partial charge in [-0.2, -0.15) is 0 Å². The zero-order valence-corrected chi connectivity index (χ0v) is 37.9. The molecule has 340 valence electrons. The van der Waals surface area contributed by atoms with E-state index in [1.54, 1.807) is 16.1 Å². The van der Waals surface area contributed by atoms with Crippen molar-refractivity contribution in [2.75, 3.05) is 73.6 Å². The molecular weight excluding hydrogens is 834 g/mol. The lowest BCUT2D eigenvalue weighted by Gasteiger charge is -2.39. The molecule has 0 radical (unpaired) electrons. The smallest absolute Gasteiger partial charge is 0.328 e. The minimum atomic E-state index is -0.353. The molecule has 0 spiro atoms. The maximum atomic E-state index is 15.6. The Morgan fingerprint density at radius 2 is 1.56 bits per heavy atom. The van der Waals surface area contributed by atoms with E-state index in [9.17, 15) is 14.4 Å². The summed E-state index contributed by atoms with van der Waals surface area (Å²) < 4.78 is 17.6. The Morgan fingerprint density at radius 1 is 0.788 bits per heavy atom. The van der Waals surface area contributed by atoms with Gasteiger partial charge >= 0.3 is 6.03 Å². The van der Waals surface area contributed by atoms with Gasteiger partial charge in [0.05, 0.1) is 5.69 Å². The highest BCUT2D eigenvalue weighted by atomic mass is 19.1. The van der Waals surface area contributed by atoms with Gasteiger partial charge in [0.1, 0.15) is 23.5 Å². The summed E-state index contributed by atoms with van der Waals surface area (Å²) in [5, 5.41) is 3.32. The van der Waals surface area contributed by atoms with Crippen LogP contribution in [0.15, 0.2) is 73.2 Å². The number of hydrogen-bond acceptors (Lipinski definition) is 9. The number of carbonyl (C=O) groups excluding carboxylic acids is 3. The summed E-state index contributed by atoms with van der Waals surface area (Å²) >= 11 is 0. The zero-order chi connectivity index (χ0) is 45.3. The number of nitrogens with zero attached hydrogens (tertiary/aromatic N) is 9. The van der Waals surface area contributed by atoms with Gasteiger partial charge in [0, 0.05) is 129 Å². The molecule has 14 nitrogen and oxygen atoms in total. The van der Waals surface area contributed by atoms with Gasteiger partial charge in [0.15, 0.2) is 5.82 Å². The van der Waals surface area contributed by atoms with Crippen LogP contribution in [0.4, 0.5) is 26.4 Å². The van der Waals surface area contributed by atoms with Crippen LogP contribution in [0.5, 0.6) is 0 Å². The molecule has 0 unspecified atom stereocenters. The lowest BCUT2D eigenvalue weighted by Crippen LogP contribution is -2.49. The minimum Gasteiger partial charge on any atom is -0.372 e. The maximum Gasteiger partial charge on any atom is 0.328 e. The number of aryl methyl sites for hydroxylation is 1. The number of imide groups is 1. The number of carbonyl (C=O) groups is 3. The Hall–Kier alpha value is -6.61. The summed E-state index contributed by atoms with van der Waals surface area (Å²) in [7, 11) is 0. The summed E-state index contributed by atoms with van der Waals surface area (Å²) in [4.78, 5) is 66.0. The van der Waals surface area contributed by atoms with E-state index in [0.29, 0.717) is 44.9 Å². The summed E-state index contributed by atoms with van der Waals surface area (Å²) in [5.74, 6) is 0.870. The van der Waals surface area contributed by atoms with Crippen molar-refractivity contribution in [2.24, 2.45) is 11.3 Å². The van der Waals surface area contributed by atoms with E-state index in [-0.39, 0.29) is 34.8 Å². The summed E-state index contributed by atoms with van der Waals surface area (Å²) in [6.45, 7) is 15.4. The number of benzene rings is 2. The third-order valence-corrected chi connectivity index (χ3v) is 14.7. The molecule has 15 heteroatoms. The Labute approximate surface area is 383 Å². The quantitative estimate of drug-likeness (QED) is 0.154. The maximum absolute atomic E-state index is 15.6. The number of urea groups is 1. The second-order valence-corrected chi connectivity index (χ2v) is 19.7. The Bertz CT molecular complexity index is 2850. The van der Waals surface area contributed by atoms with Crippen molar-refractivity contribution in [3.8, 4) is 22.5 Å². The van der Waals surface area contributed by atoms with E-state index in [2.05, 4.69) is 99.3 Å². The van der Waals surface area contributed by atoms with Gasteiger partial charge in [-0.05, 0) is 104 Å². The SMILES string of the molecule is Cc1cc(-c2ncnc3[nH]c(-c4ccc(N5CCN(CC6CCN(c7ccc(N8CCC(=O)NC8=O)cc7)CC6)CC5)nc4)cc23)ccc1CN1CCn2c3c(c(F)c2C1=O)CC(C)(C)C3. The molecule has 6 aromatic rings. The molecule has 4 amide bonds. The van der Waals surface area contributed by atoms with Gasteiger partial charge in [0.25, 0.3) is 5.91 Å². The fraction of sp³-hybridized carbons (Fsp3) is 0.412. The predicted molar refractivity (Wildman–Crippen MR) is 253 cm³/mol. The van der Waals surface area contributed by atoms with Crippen molar-refractivity contribution in [1.82, 2.24) is 39.6 Å². The highest BCUT2D eigenvalue weighted by molar-refractivity contribution is 6.05. The van der Waals surface area contributed by atoms with Gasteiger partial charge in [0.2, 0.25) is 5.91 Å². The molecular formula is C51H56FN11O3. The Balaban J connectivity index is 0.681. The second kappa shape index (κ2) is 16.7. The summed E-state index contributed by atoms with van der Waals surface area (Å²) in [5.41, 5.74) is 10.5. The van der Waals surface area contributed by atoms with Crippen molar-refractivity contribution >= 4 is 46.1 Å². The van der Waals surface area contributed by atoms with E-state index in [0.717, 1.165) is 133 Å². The number of halogens is 1. The molecule has 2 N–H and O–H groups in total. The number of nitrogens with one attached hydrogen (secondary N) is 2. The Morgan fingerprint density at radius 3 is 2.30 bits per heavy atom. The molecule has 3 saturated heterocycles. The van der Waals surface area contributed by atoms with Crippen molar-refractivity contribution in [2.45, 2.75) is 66.0 Å². The summed E-state index contributed by atoms with van der Waals surface area (Å²) in [6, 6.07) is 20.3. The number of fused-ring (bicyclic) bond motifs is 4. The van der Waals surface area contributed by atoms with E-state index >= 15 is 4.39 Å². The fourth-order valence-corrected chi connectivity index (χ4v) is 11.0. The van der Waals surface area contributed by atoms with Gasteiger partial charge in [-0.25, -0.2) is 24.1 Å². The van der Waals surface area contributed by atoms with Crippen LogP contribution in [0.2, 0.25) is 0 Å². The highest BCUT2D eigenvalue weighted by Crippen LogP contribution is 2.41. The molecule has 11 rings (SSSR count). The van der Waals surface area contributed by atoms with Crippen LogP contribution in [-0.4, -0.2) is 111 Å². The van der Waals surface area contributed by atoms with Crippen molar-refractivity contribution in [3.05, 3.63) is 107 Å². The third kappa shape index (κ3) is 7.86. The molecule has 66 heavy (non-hydrogen) atoms. The first kappa shape index (κ1) is 42.1. The number of hydrogen-bond donors (Lipinski definition) is 2. The topological polar surface area (TPSA) is 139 Å². The van der Waals surface area contributed by atoms with E-state index in [1.165, 1.54) is 5.69 Å². The van der Waals surface area contributed by atoms with Crippen LogP contribution < -0.4 is 20.0 Å². The number of aromatic nitrogens is 5. The molecule has 3 fully saturated rings. The average molecular weight is 890 g/mol. The first-order valence-electron chi connectivity index (χ1n) is 23.5. The number of pyridine rings is 1. The lowest BCUT2D eigenvalue weighted by atomic mass is 9.90. The first-order chi connectivity index (χ1) is 31.9. The molecule has 5 aliphatic rings. The van der Waals surface area contributed by atoms with Gasteiger partial charge < -0.3 is 24.3 Å². The largest absolute Gasteiger partial charge is 0.372 e. The molecule has 4 aliphatic heterocycles. The molecule has 0 bridgehead atoms. The molecule has 0 saturated carbocycles. The van der Waals surface area contributed by atoms with Gasteiger partial charge in [-0.1, -0.05) is 26.0 Å². The van der Waals surface area contributed by atoms with Crippen molar-refractivity contribution in [3.63, 3.8) is 0 Å². The number of anilines is 3. The Kier molecular flexibility index (Phi) is 10.6. The van der Waals surface area contributed by atoms with Gasteiger partial charge in [-0.3, -0.25) is 24.7 Å². The number of H-pyrrole nitrogens is 1. The third-order valence-electron chi connectivity index (χ3n) is 14.7. The van der Waals surface area contributed by atoms with Crippen LogP contribution in [0.25, 0.3) is 33.5 Å². The number of piperazine rings is 1. The number of amides is 4. The zero-order valence-electron chi connectivity index (χ0n) is 37.9. The van der Waals surface area contributed by atoms with Crippen LogP contribution in [0.3, 0.4) is 0 Å². The number of rotatable bonds is 9. The summed E-state index contributed by atoms with van der Waals surface area (Å²) in [6.07, 6.45) is 7.61. The molecule has 0 atom stereocenters. The van der Waals surface area contributed by atoms with Crippen LogP contribution in [-0.2, 0) is 30.7 Å². The normalized spacial score (nSPS) is 19.2. The van der Waals surface area contributed by atoms with Crippen molar-refractivity contribution < 1.29 is 18.8 Å². The molecule has 4 aromatic heterocycles. The predicted octanol–water partition coefficient (Wildman–Crippen LogP) is 7.20. The lowest BCUT2D eigenvalue weighted by molar-refractivity contribution is -0.120. The highest BCUT2D eigenvalue weighted by Gasteiger charge is 2.41. The van der Waals surface area contributed by atoms with E-state index < -0.39 is 0 Å². The van der Waals surface area contributed by atoms with Gasteiger partial charge in [-0.15, -0.1) is 0 Å². The minimum absolute atomic E-state index is 0.0224. The fourth-order valence-electron chi connectivity index (χ4n) is 11.0. The monoisotopic (exact) mass is 889 g/mol. The van der Waals surface area contributed by atoms with Crippen LogP contribution in [0.1, 0.15) is 66.0 Å². The average Bonchev–Trinajstić information content (AvgIpc) is 3.98. The van der Waals surface area contributed by atoms with Crippen LogP contribution in [0, 0.1) is 24.1 Å². The second-order valence-electron chi connectivity index (χ2n) is 19.7. The standard InChI is InChI=1S/C51H56FN11O3/c1-32-24-34(4-5-36(32)30-61-22-23-63-42-27-51(2,3)26-40(42)45(52)47(63)49(61)65)46-39-25-41(56-48(39)55-31-54-46)35-6-11-43(53-28-35)60-20-18-58(19-21-60)29-33-12-15-59(16-13-33)37-7-9-38(10-8-37)62-17-14-44(64)57-50(62)66/h4-11,24-25,28,31,33H,12-23,26-27,29-30H2,1-3H3,(H,54,55,56)(H,57,64,66). The molecule has 1 aliphatic carbocycles. The van der Waals surface area contributed by atoms with E-state index in [1.807, 2.05) is 22.9 Å². The number of piperidine rings is 1. The van der Waals surface area contributed by atoms with Crippen molar-refractivity contribution in [1.29, 1.82) is 0 Å². The molecule has 8 heterocycles.